The maximum atomic E-state index is 12.9. The van der Waals surface area contributed by atoms with E-state index < -0.39 is 0 Å². The van der Waals surface area contributed by atoms with Crippen LogP contribution >= 0.6 is 0 Å². The van der Waals surface area contributed by atoms with Gasteiger partial charge in [0, 0.05) is 6.54 Å². The van der Waals surface area contributed by atoms with Crippen molar-refractivity contribution in [2.24, 2.45) is 5.10 Å². The lowest BCUT2D eigenvalue weighted by atomic mass is 10.2. The number of benzene rings is 1. The average molecular weight is 390 g/mol. The van der Waals surface area contributed by atoms with E-state index in [4.69, 9.17) is 10.2 Å². The number of unbranched alkanes of at least 4 members (excludes halogenated alkanes) is 2. The first kappa shape index (κ1) is 18.7. The van der Waals surface area contributed by atoms with Crippen LogP contribution in [0.4, 0.5) is 5.82 Å². The summed E-state index contributed by atoms with van der Waals surface area (Å²) in [5, 5.41) is 7.31. The minimum absolute atomic E-state index is 0.186. The predicted octanol–water partition coefficient (Wildman–Crippen LogP) is 3.56. The molecule has 8 heteroatoms. The predicted molar refractivity (Wildman–Crippen MR) is 113 cm³/mol. The summed E-state index contributed by atoms with van der Waals surface area (Å²) >= 11 is 0. The molecule has 0 aliphatic heterocycles. The van der Waals surface area contributed by atoms with Gasteiger partial charge in [-0.2, -0.15) is 9.78 Å². The number of carbonyl (C=O) groups is 1. The molecular weight excluding hydrogens is 368 g/mol. The van der Waals surface area contributed by atoms with E-state index in [0.29, 0.717) is 34.5 Å². The van der Waals surface area contributed by atoms with Crippen molar-refractivity contribution < 1.29 is 9.21 Å². The zero-order chi connectivity index (χ0) is 20.2. The van der Waals surface area contributed by atoms with E-state index in [1.54, 1.807) is 18.4 Å². The number of nitrogens with zero attached hydrogens (tertiary/aromatic N) is 4. The largest absolute Gasteiger partial charge is 0.463 e. The summed E-state index contributed by atoms with van der Waals surface area (Å²) in [4.78, 5) is 22.2. The SMILES string of the molecule is CCCCCNC(=O)c1c(N)n(/N=C/c2ccco2)c2nc3ccccc3nc12. The van der Waals surface area contributed by atoms with Crippen LogP contribution in [0.5, 0.6) is 0 Å². The second kappa shape index (κ2) is 8.14. The molecule has 0 saturated heterocycles. The highest BCUT2D eigenvalue weighted by Gasteiger charge is 2.23. The zero-order valence-corrected chi connectivity index (χ0v) is 16.1. The Morgan fingerprint density at radius 3 is 2.72 bits per heavy atom. The lowest BCUT2D eigenvalue weighted by molar-refractivity contribution is 0.0955. The zero-order valence-electron chi connectivity index (χ0n) is 16.1. The molecule has 0 spiro atoms. The summed E-state index contributed by atoms with van der Waals surface area (Å²) in [6, 6.07) is 11.0. The van der Waals surface area contributed by atoms with Crippen LogP contribution in [-0.4, -0.2) is 33.3 Å². The topological polar surface area (TPSA) is 111 Å². The number of para-hydroxylation sites is 2. The third-order valence-electron chi connectivity index (χ3n) is 4.61. The summed E-state index contributed by atoms with van der Waals surface area (Å²) in [5.41, 5.74) is 8.84. The molecule has 0 aliphatic carbocycles. The van der Waals surface area contributed by atoms with Crippen molar-refractivity contribution in [1.82, 2.24) is 20.0 Å². The molecule has 3 N–H and O–H groups in total. The summed E-state index contributed by atoms with van der Waals surface area (Å²) in [6.45, 7) is 2.70. The Kier molecular flexibility index (Phi) is 5.24. The lowest BCUT2D eigenvalue weighted by Gasteiger charge is -2.04. The number of nitrogens with one attached hydrogen (secondary N) is 1. The van der Waals surface area contributed by atoms with Gasteiger partial charge in [-0.3, -0.25) is 4.79 Å². The third-order valence-corrected chi connectivity index (χ3v) is 4.61. The van der Waals surface area contributed by atoms with Crippen LogP contribution in [0.15, 0.2) is 52.2 Å². The number of carbonyl (C=O) groups excluding carboxylic acids is 1. The van der Waals surface area contributed by atoms with Gasteiger partial charge in [-0.1, -0.05) is 31.9 Å². The normalized spacial score (nSPS) is 11.6. The van der Waals surface area contributed by atoms with Crippen molar-refractivity contribution in [2.45, 2.75) is 26.2 Å². The van der Waals surface area contributed by atoms with Crippen LogP contribution in [0.3, 0.4) is 0 Å². The molecule has 0 radical (unpaired) electrons. The van der Waals surface area contributed by atoms with Gasteiger partial charge in [0.15, 0.2) is 5.65 Å². The van der Waals surface area contributed by atoms with Gasteiger partial charge in [-0.05, 0) is 30.7 Å². The summed E-state index contributed by atoms with van der Waals surface area (Å²) < 4.78 is 6.72. The van der Waals surface area contributed by atoms with Crippen molar-refractivity contribution in [1.29, 1.82) is 0 Å². The minimum Gasteiger partial charge on any atom is -0.463 e. The number of nitrogens with two attached hydrogens (primary N) is 1. The van der Waals surface area contributed by atoms with Crippen molar-refractivity contribution in [2.75, 3.05) is 12.3 Å². The highest BCUT2D eigenvalue weighted by Crippen LogP contribution is 2.27. The Hall–Kier alpha value is -3.68. The van der Waals surface area contributed by atoms with Crippen molar-refractivity contribution in [3.05, 3.63) is 54.0 Å². The van der Waals surface area contributed by atoms with Gasteiger partial charge in [0.2, 0.25) is 0 Å². The second-order valence-corrected chi connectivity index (χ2v) is 6.68. The maximum Gasteiger partial charge on any atom is 0.257 e. The van der Waals surface area contributed by atoms with Crippen LogP contribution in [0.2, 0.25) is 0 Å². The first-order chi connectivity index (χ1) is 14.2. The van der Waals surface area contributed by atoms with Crippen LogP contribution in [0, 0.1) is 0 Å². The molecular formula is C21H22N6O2. The molecule has 29 heavy (non-hydrogen) atoms. The number of nitrogen functional groups attached to an aromatic ring is 1. The Morgan fingerprint density at radius 1 is 1.21 bits per heavy atom. The minimum atomic E-state index is -0.278. The van der Waals surface area contributed by atoms with E-state index in [-0.39, 0.29) is 17.3 Å². The third kappa shape index (κ3) is 3.69. The second-order valence-electron chi connectivity index (χ2n) is 6.68. The average Bonchev–Trinajstić information content (AvgIpc) is 3.33. The fourth-order valence-corrected chi connectivity index (χ4v) is 3.13. The van der Waals surface area contributed by atoms with E-state index in [9.17, 15) is 4.79 Å². The Balaban J connectivity index is 1.81. The smallest absolute Gasteiger partial charge is 0.257 e. The van der Waals surface area contributed by atoms with Gasteiger partial charge in [-0.25, -0.2) is 9.97 Å². The van der Waals surface area contributed by atoms with E-state index >= 15 is 0 Å². The maximum absolute atomic E-state index is 12.9. The van der Waals surface area contributed by atoms with Crippen molar-refractivity contribution in [3.63, 3.8) is 0 Å². The van der Waals surface area contributed by atoms with Crippen LogP contribution in [0.1, 0.15) is 42.3 Å². The van der Waals surface area contributed by atoms with Crippen molar-refractivity contribution >= 4 is 40.1 Å². The van der Waals surface area contributed by atoms with E-state index in [2.05, 4.69) is 27.3 Å². The molecule has 8 nitrogen and oxygen atoms in total. The lowest BCUT2D eigenvalue weighted by Crippen LogP contribution is -2.25. The molecule has 148 valence electrons. The number of amides is 1. The Labute approximate surface area is 167 Å². The molecule has 0 atom stereocenters. The number of fused-ring (bicyclic) bond motifs is 2. The van der Waals surface area contributed by atoms with Gasteiger partial charge in [0.1, 0.15) is 22.7 Å². The van der Waals surface area contributed by atoms with Gasteiger partial charge < -0.3 is 15.5 Å². The molecule has 3 aromatic heterocycles. The number of furan rings is 1. The molecule has 0 unspecified atom stereocenters. The molecule has 1 amide bonds. The molecule has 0 saturated carbocycles. The van der Waals surface area contributed by atoms with Gasteiger partial charge in [0.25, 0.3) is 5.91 Å². The molecule has 0 aliphatic rings. The fourth-order valence-electron chi connectivity index (χ4n) is 3.13. The highest BCUT2D eigenvalue weighted by molar-refractivity contribution is 6.10. The number of aromatic nitrogens is 3. The number of anilines is 1. The number of hydrogen-bond donors (Lipinski definition) is 2. The number of rotatable bonds is 7. The monoisotopic (exact) mass is 390 g/mol. The van der Waals surface area contributed by atoms with Crippen LogP contribution in [-0.2, 0) is 0 Å². The number of hydrogen-bond acceptors (Lipinski definition) is 6. The van der Waals surface area contributed by atoms with Crippen LogP contribution < -0.4 is 11.1 Å². The summed E-state index contributed by atoms with van der Waals surface area (Å²) in [5.74, 6) is 0.469. The van der Waals surface area contributed by atoms with E-state index in [1.165, 1.54) is 10.9 Å². The Morgan fingerprint density at radius 2 is 2.00 bits per heavy atom. The first-order valence-electron chi connectivity index (χ1n) is 9.61. The highest BCUT2D eigenvalue weighted by atomic mass is 16.3. The molecule has 3 heterocycles. The van der Waals surface area contributed by atoms with Gasteiger partial charge >= 0.3 is 0 Å². The quantitative estimate of drug-likeness (QED) is 0.370. The van der Waals surface area contributed by atoms with E-state index in [1.807, 2.05) is 24.3 Å². The summed E-state index contributed by atoms with van der Waals surface area (Å²) in [7, 11) is 0. The van der Waals surface area contributed by atoms with Crippen LogP contribution in [0.25, 0.3) is 22.2 Å². The molecule has 0 bridgehead atoms. The Bertz CT molecular complexity index is 1180. The molecule has 4 aromatic rings. The molecule has 4 rings (SSSR count). The summed E-state index contributed by atoms with van der Waals surface area (Å²) in [6.07, 6.45) is 6.12. The van der Waals surface area contributed by atoms with Gasteiger partial charge in [0.05, 0.1) is 23.5 Å². The standard InChI is InChI=1S/C21H22N6O2/c1-2-3-6-11-23-21(28)17-18-20(26-16-10-5-4-9-15(16)25-18)27(19(17)22)24-13-14-8-7-12-29-14/h4-5,7-10,12-13H,2-3,6,11,22H2,1H3,(H,23,28)/b24-13+. The molecule has 0 fully saturated rings. The first-order valence-corrected chi connectivity index (χ1v) is 9.61. The molecule has 1 aromatic carbocycles. The van der Waals surface area contributed by atoms with Gasteiger partial charge in [-0.15, -0.1) is 0 Å². The van der Waals surface area contributed by atoms with E-state index in [0.717, 1.165) is 19.3 Å². The fraction of sp³-hybridized carbons (Fsp3) is 0.238. The van der Waals surface area contributed by atoms with Crippen molar-refractivity contribution in [3.8, 4) is 0 Å².